The van der Waals surface area contributed by atoms with Crippen LogP contribution in [0, 0.1) is 0 Å². The molecule has 0 bridgehead atoms. The molecule has 0 amide bonds. The molecule has 0 N–H and O–H groups in total. The van der Waals surface area contributed by atoms with E-state index >= 15 is 0 Å². The lowest BCUT2D eigenvalue weighted by Gasteiger charge is -2.00. The summed E-state index contributed by atoms with van der Waals surface area (Å²) in [6.07, 6.45) is 0. The van der Waals surface area contributed by atoms with E-state index in [0.29, 0.717) is 5.75 Å². The molecule has 2 aromatic rings. The molecular formula is C10H8ClNS2. The smallest absolute Gasteiger partial charge is 0.0852 e. The number of aromatic nitrogens is 1. The first-order valence-electron chi connectivity index (χ1n) is 4.10. The van der Waals surface area contributed by atoms with E-state index in [1.807, 2.05) is 29.8 Å². The van der Waals surface area contributed by atoms with Crippen LogP contribution >= 0.6 is 35.6 Å². The highest BCUT2D eigenvalue weighted by atomic mass is 35.5. The van der Waals surface area contributed by atoms with Crippen molar-refractivity contribution >= 4 is 35.6 Å². The second-order valence-electron chi connectivity index (χ2n) is 2.79. The van der Waals surface area contributed by atoms with E-state index in [2.05, 4.69) is 17.6 Å². The summed E-state index contributed by atoms with van der Waals surface area (Å²) in [5.74, 6) is 0.715. The Morgan fingerprint density at radius 2 is 2.29 bits per heavy atom. The molecule has 0 saturated carbocycles. The van der Waals surface area contributed by atoms with Gasteiger partial charge in [-0.1, -0.05) is 23.7 Å². The van der Waals surface area contributed by atoms with Crippen LogP contribution in [0.2, 0.25) is 5.02 Å². The summed E-state index contributed by atoms with van der Waals surface area (Å²) in [7, 11) is 0. The van der Waals surface area contributed by atoms with Gasteiger partial charge in [-0.05, 0) is 12.1 Å². The molecule has 0 spiro atoms. The van der Waals surface area contributed by atoms with Gasteiger partial charge in [0, 0.05) is 21.2 Å². The fourth-order valence-electron chi connectivity index (χ4n) is 1.25. The molecule has 2 rings (SSSR count). The van der Waals surface area contributed by atoms with Crippen molar-refractivity contribution in [3.05, 3.63) is 39.7 Å². The van der Waals surface area contributed by atoms with Crippen LogP contribution in [0.1, 0.15) is 4.88 Å². The van der Waals surface area contributed by atoms with Crippen molar-refractivity contribution in [3.63, 3.8) is 0 Å². The molecule has 0 aliphatic carbocycles. The van der Waals surface area contributed by atoms with Gasteiger partial charge in [0.05, 0.1) is 11.2 Å². The van der Waals surface area contributed by atoms with E-state index in [1.54, 1.807) is 11.3 Å². The van der Waals surface area contributed by atoms with E-state index in [-0.39, 0.29) is 0 Å². The van der Waals surface area contributed by atoms with Crippen molar-refractivity contribution in [1.82, 2.24) is 4.98 Å². The fraction of sp³-hybridized carbons (Fsp3) is 0.100. The monoisotopic (exact) mass is 241 g/mol. The largest absolute Gasteiger partial charge is 0.244 e. The zero-order chi connectivity index (χ0) is 9.97. The molecule has 0 atom stereocenters. The van der Waals surface area contributed by atoms with Crippen LogP contribution in [0.4, 0.5) is 0 Å². The Hall–Kier alpha value is -0.510. The molecule has 0 fully saturated rings. The number of hydrogen-bond acceptors (Lipinski definition) is 3. The van der Waals surface area contributed by atoms with Crippen molar-refractivity contribution in [3.8, 4) is 11.3 Å². The zero-order valence-electron chi connectivity index (χ0n) is 7.27. The maximum absolute atomic E-state index is 5.91. The van der Waals surface area contributed by atoms with Crippen LogP contribution in [0.25, 0.3) is 11.3 Å². The van der Waals surface area contributed by atoms with Gasteiger partial charge < -0.3 is 0 Å². The molecule has 1 aromatic heterocycles. The molecule has 0 saturated heterocycles. The Morgan fingerprint density at radius 3 is 3.00 bits per heavy atom. The molecule has 0 aliphatic heterocycles. The van der Waals surface area contributed by atoms with Gasteiger partial charge in [-0.3, -0.25) is 0 Å². The Bertz CT molecular complexity index is 439. The number of thiazole rings is 1. The number of rotatable bonds is 2. The average Bonchev–Trinajstić information content (AvgIpc) is 2.65. The Morgan fingerprint density at radius 1 is 1.43 bits per heavy atom. The molecule has 0 aliphatic rings. The van der Waals surface area contributed by atoms with Crippen LogP contribution in [0.3, 0.4) is 0 Å². The molecule has 0 unspecified atom stereocenters. The Balaban J connectivity index is 2.49. The maximum Gasteiger partial charge on any atom is 0.0852 e. The lowest BCUT2D eigenvalue weighted by molar-refractivity contribution is 1.36. The number of benzene rings is 1. The number of hydrogen-bond donors (Lipinski definition) is 1. The molecule has 14 heavy (non-hydrogen) atoms. The van der Waals surface area contributed by atoms with Gasteiger partial charge >= 0.3 is 0 Å². The first kappa shape index (κ1) is 10.0. The summed E-state index contributed by atoms with van der Waals surface area (Å²) in [5.41, 5.74) is 3.89. The van der Waals surface area contributed by atoms with Crippen LogP contribution in [0.5, 0.6) is 0 Å². The van der Waals surface area contributed by atoms with Gasteiger partial charge in [-0.25, -0.2) is 4.98 Å². The fourth-order valence-corrected chi connectivity index (χ4v) is 2.46. The van der Waals surface area contributed by atoms with E-state index in [4.69, 9.17) is 11.6 Å². The van der Waals surface area contributed by atoms with E-state index < -0.39 is 0 Å². The van der Waals surface area contributed by atoms with Gasteiger partial charge in [0.2, 0.25) is 0 Å². The molecule has 1 aromatic carbocycles. The van der Waals surface area contributed by atoms with Crippen molar-refractivity contribution in [2.45, 2.75) is 5.75 Å². The summed E-state index contributed by atoms with van der Waals surface area (Å²) in [5, 5.41) is 0.737. The van der Waals surface area contributed by atoms with Gasteiger partial charge in [0.15, 0.2) is 0 Å². The summed E-state index contributed by atoms with van der Waals surface area (Å²) in [6.45, 7) is 0. The third-order valence-electron chi connectivity index (χ3n) is 1.88. The third-order valence-corrected chi connectivity index (χ3v) is 3.48. The van der Waals surface area contributed by atoms with E-state index in [1.165, 1.54) is 4.88 Å². The number of nitrogens with zero attached hydrogens (tertiary/aromatic N) is 1. The lowest BCUT2D eigenvalue weighted by Crippen LogP contribution is -1.81. The summed E-state index contributed by atoms with van der Waals surface area (Å²) in [6, 6.07) is 7.72. The van der Waals surface area contributed by atoms with E-state index in [0.717, 1.165) is 16.3 Å². The average molecular weight is 242 g/mol. The van der Waals surface area contributed by atoms with Crippen LogP contribution < -0.4 is 0 Å². The standard InChI is InChI=1S/C10H8ClNS2/c11-8-3-1-2-7(4-8)10-9(5-13)14-6-12-10/h1-4,6,13H,5H2. The summed E-state index contributed by atoms with van der Waals surface area (Å²) >= 11 is 11.8. The quantitative estimate of drug-likeness (QED) is 0.787. The van der Waals surface area contributed by atoms with Crippen molar-refractivity contribution in [2.75, 3.05) is 0 Å². The van der Waals surface area contributed by atoms with Crippen molar-refractivity contribution < 1.29 is 0 Å². The van der Waals surface area contributed by atoms with E-state index in [9.17, 15) is 0 Å². The minimum absolute atomic E-state index is 0.715. The maximum atomic E-state index is 5.91. The van der Waals surface area contributed by atoms with Crippen molar-refractivity contribution in [2.24, 2.45) is 0 Å². The lowest BCUT2D eigenvalue weighted by atomic mass is 10.1. The molecule has 1 nitrogen and oxygen atoms in total. The number of halogens is 1. The van der Waals surface area contributed by atoms with Crippen molar-refractivity contribution in [1.29, 1.82) is 0 Å². The highest BCUT2D eigenvalue weighted by molar-refractivity contribution is 7.79. The summed E-state index contributed by atoms with van der Waals surface area (Å²) < 4.78 is 0. The highest BCUT2D eigenvalue weighted by Crippen LogP contribution is 2.28. The van der Waals surface area contributed by atoms with Gasteiger partial charge in [-0.2, -0.15) is 12.6 Å². The second kappa shape index (κ2) is 4.34. The topological polar surface area (TPSA) is 12.9 Å². The Kier molecular flexibility index (Phi) is 3.11. The molecular weight excluding hydrogens is 234 g/mol. The highest BCUT2D eigenvalue weighted by Gasteiger charge is 2.06. The summed E-state index contributed by atoms with van der Waals surface area (Å²) in [4.78, 5) is 5.49. The first-order valence-corrected chi connectivity index (χ1v) is 5.99. The molecule has 4 heteroatoms. The zero-order valence-corrected chi connectivity index (χ0v) is 9.74. The van der Waals surface area contributed by atoms with Gasteiger partial charge in [0.1, 0.15) is 0 Å². The van der Waals surface area contributed by atoms with Gasteiger partial charge in [0.25, 0.3) is 0 Å². The predicted octanol–water partition coefficient (Wildman–Crippen LogP) is 3.89. The SMILES string of the molecule is SCc1scnc1-c1cccc(Cl)c1. The normalized spacial score (nSPS) is 10.4. The minimum Gasteiger partial charge on any atom is -0.244 e. The predicted molar refractivity (Wildman–Crippen MR) is 65.3 cm³/mol. The molecule has 0 radical (unpaired) electrons. The Labute approximate surface area is 97.2 Å². The third kappa shape index (κ3) is 1.95. The minimum atomic E-state index is 0.715. The molecule has 1 heterocycles. The van der Waals surface area contributed by atoms with Crippen LogP contribution in [0.15, 0.2) is 29.8 Å². The molecule has 72 valence electrons. The van der Waals surface area contributed by atoms with Gasteiger partial charge in [-0.15, -0.1) is 11.3 Å². The first-order chi connectivity index (χ1) is 6.81. The second-order valence-corrected chi connectivity index (χ2v) is 4.48. The van der Waals surface area contributed by atoms with Crippen LogP contribution in [-0.4, -0.2) is 4.98 Å². The van der Waals surface area contributed by atoms with Crippen LogP contribution in [-0.2, 0) is 5.75 Å². The number of thiol groups is 1.